The molecule has 1 aliphatic rings. The Hall–Kier alpha value is -2.59. The average molecular weight is 404 g/mol. The van der Waals surface area contributed by atoms with Gasteiger partial charge in [-0.3, -0.25) is 4.68 Å². The van der Waals surface area contributed by atoms with Crippen LogP contribution in [0, 0.1) is 0 Å². The third-order valence-corrected chi connectivity index (χ3v) is 5.95. The first-order chi connectivity index (χ1) is 14.6. The topological polar surface area (TPSA) is 39.1 Å². The smallest absolute Gasteiger partial charge is 0.127 e. The van der Waals surface area contributed by atoms with Gasteiger partial charge in [0.05, 0.1) is 6.20 Å². The third-order valence-electron chi connectivity index (χ3n) is 5.95. The summed E-state index contributed by atoms with van der Waals surface area (Å²) in [7, 11) is 0. The molecule has 1 aromatic heterocycles. The standard InChI is InChI=1S/C26H33N3O/c1-4-8-25(20-12-15-24(16-13-20)30-23-9-6-5-7-10-23)28-22-14-11-21-18-27-29(19(2)3)26(21)17-22/h5-7,9-10,12-13,15-16,18-19,22,25,28H,4,8,11,14,17H2,1-3H3. The lowest BCUT2D eigenvalue weighted by molar-refractivity contribution is 0.369. The maximum Gasteiger partial charge on any atom is 0.127 e. The minimum absolute atomic E-state index is 0.364. The molecule has 2 atom stereocenters. The molecule has 4 nitrogen and oxygen atoms in total. The maximum atomic E-state index is 5.96. The largest absolute Gasteiger partial charge is 0.457 e. The molecule has 0 amide bonds. The van der Waals surface area contributed by atoms with Crippen molar-refractivity contribution < 1.29 is 4.74 Å². The van der Waals surface area contributed by atoms with Crippen molar-refractivity contribution in [3.63, 3.8) is 0 Å². The van der Waals surface area contributed by atoms with Crippen LogP contribution in [0.25, 0.3) is 0 Å². The van der Waals surface area contributed by atoms with E-state index in [4.69, 9.17) is 4.74 Å². The van der Waals surface area contributed by atoms with E-state index in [-0.39, 0.29) is 0 Å². The van der Waals surface area contributed by atoms with Crippen molar-refractivity contribution in [2.45, 2.75) is 71.0 Å². The van der Waals surface area contributed by atoms with E-state index in [0.29, 0.717) is 18.1 Å². The molecule has 0 aliphatic heterocycles. The van der Waals surface area contributed by atoms with Gasteiger partial charge in [-0.25, -0.2) is 0 Å². The number of fused-ring (bicyclic) bond motifs is 1. The number of ether oxygens (including phenoxy) is 1. The van der Waals surface area contributed by atoms with Gasteiger partial charge in [0.15, 0.2) is 0 Å². The van der Waals surface area contributed by atoms with Gasteiger partial charge in [0.1, 0.15) is 11.5 Å². The van der Waals surface area contributed by atoms with Crippen LogP contribution in [0.15, 0.2) is 60.8 Å². The zero-order valence-corrected chi connectivity index (χ0v) is 18.3. The number of hydrogen-bond acceptors (Lipinski definition) is 3. The van der Waals surface area contributed by atoms with Gasteiger partial charge in [0.25, 0.3) is 0 Å². The molecule has 30 heavy (non-hydrogen) atoms. The number of rotatable bonds is 8. The normalized spacial score (nSPS) is 17.0. The van der Waals surface area contributed by atoms with Gasteiger partial charge >= 0.3 is 0 Å². The van der Waals surface area contributed by atoms with Crippen LogP contribution in [0.2, 0.25) is 0 Å². The van der Waals surface area contributed by atoms with Crippen LogP contribution in [-0.2, 0) is 12.8 Å². The molecule has 1 aliphatic carbocycles. The van der Waals surface area contributed by atoms with E-state index in [1.54, 1.807) is 0 Å². The lowest BCUT2D eigenvalue weighted by Crippen LogP contribution is -2.38. The summed E-state index contributed by atoms with van der Waals surface area (Å²) in [6.07, 6.45) is 7.70. The Kier molecular flexibility index (Phi) is 6.53. The molecule has 0 saturated heterocycles. The summed E-state index contributed by atoms with van der Waals surface area (Å²) in [4.78, 5) is 0. The lowest BCUT2D eigenvalue weighted by Gasteiger charge is -2.30. The Balaban J connectivity index is 1.44. The van der Waals surface area contributed by atoms with Crippen LogP contribution in [-0.4, -0.2) is 15.8 Å². The molecule has 0 fully saturated rings. The summed E-state index contributed by atoms with van der Waals surface area (Å²) >= 11 is 0. The van der Waals surface area contributed by atoms with Gasteiger partial charge in [-0.1, -0.05) is 43.7 Å². The van der Waals surface area contributed by atoms with Gasteiger partial charge in [-0.05, 0) is 68.5 Å². The number of aryl methyl sites for hydroxylation is 1. The van der Waals surface area contributed by atoms with E-state index in [1.165, 1.54) is 23.2 Å². The third kappa shape index (κ3) is 4.76. The van der Waals surface area contributed by atoms with E-state index in [2.05, 4.69) is 66.3 Å². The Labute approximate surface area is 180 Å². The monoisotopic (exact) mass is 403 g/mol. The summed E-state index contributed by atoms with van der Waals surface area (Å²) in [5, 5.41) is 8.58. The Bertz CT molecular complexity index is 931. The van der Waals surface area contributed by atoms with Gasteiger partial charge in [0.2, 0.25) is 0 Å². The van der Waals surface area contributed by atoms with Gasteiger partial charge < -0.3 is 10.1 Å². The molecule has 158 valence electrons. The second kappa shape index (κ2) is 9.48. The SMILES string of the molecule is CCCC(NC1CCc2cnn(C(C)C)c2C1)c1ccc(Oc2ccccc2)cc1. The first-order valence-electron chi connectivity index (χ1n) is 11.3. The van der Waals surface area contributed by atoms with Crippen molar-refractivity contribution in [1.82, 2.24) is 15.1 Å². The predicted molar refractivity (Wildman–Crippen MR) is 122 cm³/mol. The van der Waals surface area contributed by atoms with Crippen LogP contribution in [0.1, 0.15) is 68.9 Å². The highest BCUT2D eigenvalue weighted by atomic mass is 16.5. The van der Waals surface area contributed by atoms with Crippen LogP contribution in [0.3, 0.4) is 0 Å². The maximum absolute atomic E-state index is 5.96. The van der Waals surface area contributed by atoms with Gasteiger partial charge in [-0.2, -0.15) is 5.10 Å². The number of nitrogens with zero attached hydrogens (tertiary/aromatic N) is 2. The Morgan fingerprint density at radius 2 is 1.80 bits per heavy atom. The van der Waals surface area contributed by atoms with E-state index in [1.807, 2.05) is 30.3 Å². The van der Waals surface area contributed by atoms with Crippen LogP contribution in [0.4, 0.5) is 0 Å². The molecular weight excluding hydrogens is 370 g/mol. The quantitative estimate of drug-likeness (QED) is 0.483. The number of para-hydroxylation sites is 1. The Morgan fingerprint density at radius 3 is 2.50 bits per heavy atom. The fourth-order valence-electron chi connectivity index (χ4n) is 4.42. The first-order valence-corrected chi connectivity index (χ1v) is 11.3. The average Bonchev–Trinajstić information content (AvgIpc) is 3.18. The molecule has 1 heterocycles. The molecule has 0 spiro atoms. The predicted octanol–water partition coefficient (Wildman–Crippen LogP) is 6.24. The molecule has 2 unspecified atom stereocenters. The summed E-state index contributed by atoms with van der Waals surface area (Å²) in [6, 6.07) is 19.8. The fraction of sp³-hybridized carbons (Fsp3) is 0.423. The second-order valence-corrected chi connectivity index (χ2v) is 8.59. The zero-order chi connectivity index (χ0) is 20.9. The van der Waals surface area contributed by atoms with Crippen LogP contribution in [0.5, 0.6) is 11.5 Å². The minimum Gasteiger partial charge on any atom is -0.457 e. The number of nitrogens with one attached hydrogen (secondary N) is 1. The summed E-state index contributed by atoms with van der Waals surface area (Å²) in [6.45, 7) is 6.68. The molecule has 1 N–H and O–H groups in total. The number of aromatic nitrogens is 2. The molecule has 4 rings (SSSR count). The summed E-state index contributed by atoms with van der Waals surface area (Å²) < 4.78 is 8.16. The van der Waals surface area contributed by atoms with Gasteiger partial charge in [-0.15, -0.1) is 0 Å². The molecule has 0 bridgehead atoms. The molecule has 0 saturated carbocycles. The van der Waals surface area contributed by atoms with E-state index in [0.717, 1.165) is 37.2 Å². The number of hydrogen-bond donors (Lipinski definition) is 1. The molecular formula is C26H33N3O. The van der Waals surface area contributed by atoms with Gasteiger partial charge in [0, 0.05) is 30.2 Å². The molecule has 2 aromatic carbocycles. The van der Waals surface area contributed by atoms with Crippen LogP contribution < -0.4 is 10.1 Å². The van der Waals surface area contributed by atoms with E-state index < -0.39 is 0 Å². The highest BCUT2D eigenvalue weighted by Crippen LogP contribution is 2.28. The Morgan fingerprint density at radius 1 is 1.07 bits per heavy atom. The van der Waals surface area contributed by atoms with E-state index in [9.17, 15) is 0 Å². The lowest BCUT2D eigenvalue weighted by atomic mass is 9.91. The van der Waals surface area contributed by atoms with Crippen LogP contribution >= 0.6 is 0 Å². The fourth-order valence-corrected chi connectivity index (χ4v) is 4.42. The van der Waals surface area contributed by atoms with E-state index >= 15 is 0 Å². The molecule has 4 heteroatoms. The molecule has 0 radical (unpaired) electrons. The zero-order valence-electron chi connectivity index (χ0n) is 18.3. The van der Waals surface area contributed by atoms with Crippen molar-refractivity contribution >= 4 is 0 Å². The highest BCUT2D eigenvalue weighted by Gasteiger charge is 2.25. The highest BCUT2D eigenvalue weighted by molar-refractivity contribution is 5.34. The van der Waals surface area contributed by atoms with Crippen molar-refractivity contribution in [2.24, 2.45) is 0 Å². The second-order valence-electron chi connectivity index (χ2n) is 8.59. The van der Waals surface area contributed by atoms with Crippen molar-refractivity contribution in [2.75, 3.05) is 0 Å². The molecule has 3 aromatic rings. The summed E-state index contributed by atoms with van der Waals surface area (Å²) in [5.74, 6) is 1.75. The van der Waals surface area contributed by atoms with Crippen molar-refractivity contribution in [3.05, 3.63) is 77.6 Å². The minimum atomic E-state index is 0.364. The van der Waals surface area contributed by atoms with Crippen molar-refractivity contribution in [3.8, 4) is 11.5 Å². The first kappa shape index (κ1) is 20.7. The number of benzene rings is 2. The summed E-state index contributed by atoms with van der Waals surface area (Å²) in [5.41, 5.74) is 4.17. The van der Waals surface area contributed by atoms with Crippen molar-refractivity contribution in [1.29, 1.82) is 0 Å².